The number of amides is 1. The fraction of sp³-hybridized carbons (Fsp3) is 0.167. The van der Waals surface area contributed by atoms with Crippen molar-refractivity contribution in [3.63, 3.8) is 0 Å². The number of fused-ring (bicyclic) bond motifs is 3. The predicted molar refractivity (Wildman–Crippen MR) is 142 cm³/mol. The number of hydrogen-bond donors (Lipinski definition) is 3. The predicted octanol–water partition coefficient (Wildman–Crippen LogP) is 3.83. The van der Waals surface area contributed by atoms with Crippen LogP contribution in [0.3, 0.4) is 0 Å². The highest BCUT2D eigenvalue weighted by molar-refractivity contribution is 8.00. The van der Waals surface area contributed by atoms with Crippen molar-refractivity contribution in [2.75, 3.05) is 10.0 Å². The van der Waals surface area contributed by atoms with Gasteiger partial charge in [-0.2, -0.15) is 0 Å². The lowest BCUT2D eigenvalue weighted by molar-refractivity contribution is -0.115. The number of sulfonamides is 1. The van der Waals surface area contributed by atoms with E-state index in [2.05, 4.69) is 40.2 Å². The number of rotatable bonds is 7. The van der Waals surface area contributed by atoms with Crippen molar-refractivity contribution in [3.8, 4) is 0 Å². The second-order valence-corrected chi connectivity index (χ2v) is 11.3. The molecule has 13 heteroatoms. The molecule has 0 bridgehead atoms. The first-order valence-corrected chi connectivity index (χ1v) is 13.6. The highest BCUT2D eigenvalue weighted by Crippen LogP contribution is 2.26. The Balaban J connectivity index is 1.24. The van der Waals surface area contributed by atoms with Crippen LogP contribution in [0.2, 0.25) is 0 Å². The summed E-state index contributed by atoms with van der Waals surface area (Å²) in [6.45, 7) is 5.24. The van der Waals surface area contributed by atoms with Gasteiger partial charge < -0.3 is 10.3 Å². The molecule has 3 aromatic heterocycles. The second kappa shape index (κ2) is 9.75. The lowest BCUT2D eigenvalue weighted by atomic mass is 10.2. The van der Waals surface area contributed by atoms with Crippen LogP contribution in [0.4, 0.5) is 11.6 Å². The van der Waals surface area contributed by atoms with E-state index in [-0.39, 0.29) is 16.8 Å². The first kappa shape index (κ1) is 24.6. The maximum absolute atomic E-state index is 12.7. The van der Waals surface area contributed by atoms with Crippen LogP contribution in [0.15, 0.2) is 64.6 Å². The van der Waals surface area contributed by atoms with Crippen LogP contribution in [0, 0.1) is 13.8 Å². The Hall–Kier alpha value is -4.10. The van der Waals surface area contributed by atoms with Gasteiger partial charge in [0, 0.05) is 28.0 Å². The van der Waals surface area contributed by atoms with Crippen LogP contribution >= 0.6 is 11.8 Å². The Bertz CT molecular complexity index is 1720. The van der Waals surface area contributed by atoms with Gasteiger partial charge in [0.2, 0.25) is 17.0 Å². The molecule has 5 rings (SSSR count). The third kappa shape index (κ3) is 5.37. The molecule has 2 aromatic carbocycles. The lowest BCUT2D eigenvalue weighted by Crippen LogP contribution is -2.23. The van der Waals surface area contributed by atoms with Crippen LogP contribution in [0.5, 0.6) is 0 Å². The maximum Gasteiger partial charge on any atom is 0.264 e. The van der Waals surface area contributed by atoms with Gasteiger partial charge >= 0.3 is 0 Å². The van der Waals surface area contributed by atoms with Crippen LogP contribution in [-0.2, 0) is 14.8 Å². The highest BCUT2D eigenvalue weighted by atomic mass is 32.2. The smallest absolute Gasteiger partial charge is 0.264 e. The molecule has 11 nitrogen and oxygen atoms in total. The summed E-state index contributed by atoms with van der Waals surface area (Å²) in [5, 5.41) is 12.0. The molecule has 0 fully saturated rings. The number of carbonyl (C=O) groups is 1. The number of aromatic nitrogens is 6. The van der Waals surface area contributed by atoms with Crippen LogP contribution in [0.1, 0.15) is 18.3 Å². The topological polar surface area (TPSA) is 156 Å². The SMILES string of the molecule is Cc1cc(C)nc(NS(=O)(=O)c2ccc(NC(=O)C(C)Sc3nnc4c(n3)[nH]c3ccccc34)cc2)n1. The molecule has 0 spiro atoms. The zero-order valence-electron chi connectivity index (χ0n) is 20.1. The monoisotopic (exact) mass is 534 g/mol. The van der Waals surface area contributed by atoms with E-state index in [0.29, 0.717) is 33.4 Å². The summed E-state index contributed by atoms with van der Waals surface area (Å²) in [4.78, 5) is 28.7. The normalized spacial score (nSPS) is 12.5. The molecule has 5 aromatic rings. The van der Waals surface area contributed by atoms with E-state index in [4.69, 9.17) is 0 Å². The van der Waals surface area contributed by atoms with Gasteiger partial charge in [-0.05, 0) is 57.2 Å². The van der Waals surface area contributed by atoms with E-state index in [1.165, 1.54) is 36.0 Å². The third-order valence-electron chi connectivity index (χ3n) is 5.39. The summed E-state index contributed by atoms with van der Waals surface area (Å²) in [5.41, 5.74) is 3.93. The standard InChI is InChI=1S/C24H22N8O3S2/c1-13-12-14(2)26-23(25-13)32-37(34,35)17-10-8-16(9-11-17)27-22(33)15(3)36-24-29-21-20(30-31-24)18-6-4-5-7-19(18)28-21/h4-12,15H,1-3H3,(H,27,33)(H,25,26,32)(H,28,29,31). The minimum absolute atomic E-state index is 0.00285. The number of nitrogens with one attached hydrogen (secondary N) is 3. The van der Waals surface area contributed by atoms with E-state index in [9.17, 15) is 13.2 Å². The molecule has 0 aliphatic carbocycles. The second-order valence-electron chi connectivity index (χ2n) is 8.32. The average molecular weight is 535 g/mol. The zero-order chi connectivity index (χ0) is 26.2. The van der Waals surface area contributed by atoms with Gasteiger partial charge in [-0.25, -0.2) is 28.1 Å². The van der Waals surface area contributed by atoms with Crippen molar-refractivity contribution < 1.29 is 13.2 Å². The minimum Gasteiger partial charge on any atom is -0.338 e. The number of H-pyrrole nitrogens is 1. The van der Waals surface area contributed by atoms with E-state index >= 15 is 0 Å². The van der Waals surface area contributed by atoms with Crippen LogP contribution < -0.4 is 10.0 Å². The molecule has 1 unspecified atom stereocenters. The number of para-hydroxylation sites is 1. The number of nitrogens with zero attached hydrogens (tertiary/aromatic N) is 5. The summed E-state index contributed by atoms with van der Waals surface area (Å²) in [6, 6.07) is 15.3. The highest BCUT2D eigenvalue weighted by Gasteiger charge is 2.19. The average Bonchev–Trinajstić information content (AvgIpc) is 3.21. The fourth-order valence-corrected chi connectivity index (χ4v) is 5.34. The number of thioether (sulfide) groups is 1. The summed E-state index contributed by atoms with van der Waals surface area (Å²) in [5.74, 6) is -0.286. The Morgan fingerprint density at radius 2 is 1.68 bits per heavy atom. The maximum atomic E-state index is 12.7. The van der Waals surface area contributed by atoms with Crippen molar-refractivity contribution in [2.24, 2.45) is 0 Å². The van der Waals surface area contributed by atoms with Gasteiger partial charge in [-0.3, -0.25) is 4.79 Å². The molecule has 37 heavy (non-hydrogen) atoms. The van der Waals surface area contributed by atoms with Gasteiger partial charge in [0.25, 0.3) is 10.0 Å². The van der Waals surface area contributed by atoms with Gasteiger partial charge in [0.05, 0.1) is 10.1 Å². The molecule has 3 N–H and O–H groups in total. The summed E-state index contributed by atoms with van der Waals surface area (Å²) >= 11 is 1.17. The Morgan fingerprint density at radius 3 is 2.41 bits per heavy atom. The van der Waals surface area contributed by atoms with Gasteiger partial charge in [-0.15, -0.1) is 10.2 Å². The minimum atomic E-state index is -3.90. The zero-order valence-corrected chi connectivity index (χ0v) is 21.7. The summed E-state index contributed by atoms with van der Waals surface area (Å²) in [7, 11) is -3.90. The Kier molecular flexibility index (Phi) is 6.48. The molecule has 1 amide bonds. The molecule has 3 heterocycles. The van der Waals surface area contributed by atoms with Gasteiger partial charge in [0.1, 0.15) is 5.52 Å². The van der Waals surface area contributed by atoms with Crippen molar-refractivity contribution in [1.29, 1.82) is 0 Å². The molecule has 1 atom stereocenters. The molecule has 0 saturated carbocycles. The number of aromatic amines is 1. The Labute approximate surface area is 216 Å². The number of benzene rings is 2. The van der Waals surface area contributed by atoms with Crippen LogP contribution in [0.25, 0.3) is 22.1 Å². The van der Waals surface area contributed by atoms with Gasteiger partial charge in [0.15, 0.2) is 5.65 Å². The third-order valence-corrected chi connectivity index (χ3v) is 7.69. The molecule has 0 aliphatic heterocycles. The summed E-state index contributed by atoms with van der Waals surface area (Å²) < 4.78 is 27.8. The van der Waals surface area contributed by atoms with Crippen molar-refractivity contribution in [2.45, 2.75) is 36.1 Å². The van der Waals surface area contributed by atoms with E-state index < -0.39 is 15.3 Å². The van der Waals surface area contributed by atoms with Crippen molar-refractivity contribution >= 4 is 61.4 Å². The first-order chi connectivity index (χ1) is 17.7. The van der Waals surface area contributed by atoms with E-state index in [0.717, 1.165) is 10.9 Å². The van der Waals surface area contributed by atoms with E-state index in [1.807, 2.05) is 24.3 Å². The molecule has 0 aliphatic rings. The lowest BCUT2D eigenvalue weighted by Gasteiger charge is -2.12. The molecule has 0 radical (unpaired) electrons. The molecular formula is C24H22N8O3S2. The quantitative estimate of drug-likeness (QED) is 0.264. The molecule has 0 saturated heterocycles. The number of anilines is 2. The number of aryl methyl sites for hydroxylation is 2. The fourth-order valence-electron chi connectivity index (χ4n) is 3.68. The number of hydrogen-bond acceptors (Lipinski definition) is 9. The van der Waals surface area contributed by atoms with E-state index in [1.54, 1.807) is 26.8 Å². The molecule has 188 valence electrons. The first-order valence-electron chi connectivity index (χ1n) is 11.2. The largest absolute Gasteiger partial charge is 0.338 e. The molecular weight excluding hydrogens is 512 g/mol. The number of carbonyl (C=O) groups excluding carboxylic acids is 1. The van der Waals surface area contributed by atoms with Crippen molar-refractivity contribution in [1.82, 2.24) is 30.1 Å². The Morgan fingerprint density at radius 1 is 0.973 bits per heavy atom. The van der Waals surface area contributed by atoms with Crippen molar-refractivity contribution in [3.05, 3.63) is 66.0 Å². The van der Waals surface area contributed by atoms with Gasteiger partial charge in [-0.1, -0.05) is 30.0 Å². The summed E-state index contributed by atoms with van der Waals surface area (Å²) in [6.07, 6.45) is 0. The van der Waals surface area contributed by atoms with Crippen LogP contribution in [-0.4, -0.2) is 49.7 Å².